The highest BCUT2D eigenvalue weighted by Crippen LogP contribution is 2.27. The SMILES string of the molecule is C/C(=C\C1CCCCC1)C(C)OC(C)(C)COC(=O)C(C)C. The maximum absolute atomic E-state index is 11.6. The Bertz CT molecular complexity index is 376. The molecule has 1 saturated carbocycles. The Hall–Kier alpha value is -0.830. The van der Waals surface area contributed by atoms with Crippen molar-refractivity contribution in [3.63, 3.8) is 0 Å². The topological polar surface area (TPSA) is 35.5 Å². The number of allylic oxidation sites excluding steroid dienone is 1. The summed E-state index contributed by atoms with van der Waals surface area (Å²) in [5, 5.41) is 0. The molecule has 0 aliphatic heterocycles. The smallest absolute Gasteiger partial charge is 0.308 e. The van der Waals surface area contributed by atoms with Crippen LogP contribution in [0.1, 0.15) is 73.6 Å². The molecular weight excluding hydrogens is 276 g/mol. The quantitative estimate of drug-likeness (QED) is 0.496. The molecule has 1 rings (SSSR count). The molecule has 1 atom stereocenters. The summed E-state index contributed by atoms with van der Waals surface area (Å²) < 4.78 is 11.4. The van der Waals surface area contributed by atoms with Gasteiger partial charge in [-0.1, -0.05) is 39.2 Å². The molecule has 0 aromatic rings. The molecule has 1 aliphatic rings. The average molecular weight is 310 g/mol. The summed E-state index contributed by atoms with van der Waals surface area (Å²) in [7, 11) is 0. The third-order valence-electron chi connectivity index (χ3n) is 4.32. The van der Waals surface area contributed by atoms with Crippen molar-refractivity contribution in [1.82, 2.24) is 0 Å². The van der Waals surface area contributed by atoms with Gasteiger partial charge in [-0.2, -0.15) is 0 Å². The lowest BCUT2D eigenvalue weighted by Gasteiger charge is -2.30. The molecule has 1 unspecified atom stereocenters. The number of hydrogen-bond acceptors (Lipinski definition) is 3. The molecule has 0 spiro atoms. The zero-order chi connectivity index (χ0) is 16.8. The van der Waals surface area contributed by atoms with E-state index in [1.165, 1.54) is 37.7 Å². The molecule has 3 heteroatoms. The zero-order valence-corrected chi connectivity index (χ0v) is 15.3. The molecule has 0 bridgehead atoms. The standard InChI is InChI=1S/C19H34O3/c1-14(2)18(20)21-13-19(5,6)22-16(4)15(3)12-17-10-8-7-9-11-17/h12,14,16-17H,7-11,13H2,1-6H3/b15-12+. The van der Waals surface area contributed by atoms with Crippen LogP contribution < -0.4 is 0 Å². The maximum atomic E-state index is 11.6. The van der Waals surface area contributed by atoms with Crippen LogP contribution >= 0.6 is 0 Å². The Morgan fingerprint density at radius 2 is 1.77 bits per heavy atom. The fraction of sp³-hybridized carbons (Fsp3) is 0.842. The van der Waals surface area contributed by atoms with Gasteiger partial charge in [-0.3, -0.25) is 4.79 Å². The van der Waals surface area contributed by atoms with E-state index in [1.54, 1.807) is 0 Å². The Labute approximate surface area is 136 Å². The second-order valence-corrected chi connectivity index (χ2v) is 7.59. The highest BCUT2D eigenvalue weighted by molar-refractivity contribution is 5.71. The van der Waals surface area contributed by atoms with Crippen LogP contribution in [0.25, 0.3) is 0 Å². The van der Waals surface area contributed by atoms with Crippen molar-refractivity contribution < 1.29 is 14.3 Å². The van der Waals surface area contributed by atoms with E-state index in [4.69, 9.17) is 9.47 Å². The van der Waals surface area contributed by atoms with Crippen molar-refractivity contribution in [2.45, 2.75) is 85.4 Å². The number of esters is 1. The molecule has 0 aromatic carbocycles. The summed E-state index contributed by atoms with van der Waals surface area (Å²) in [6.07, 6.45) is 9.12. The van der Waals surface area contributed by atoms with Crippen LogP contribution in [0.2, 0.25) is 0 Å². The highest BCUT2D eigenvalue weighted by Gasteiger charge is 2.25. The molecule has 0 saturated heterocycles. The van der Waals surface area contributed by atoms with E-state index in [0.29, 0.717) is 12.5 Å². The summed E-state index contributed by atoms with van der Waals surface area (Å²) in [5.41, 5.74) is 0.821. The lowest BCUT2D eigenvalue weighted by molar-refractivity contribution is -0.159. The largest absolute Gasteiger partial charge is 0.462 e. The molecule has 0 amide bonds. The normalized spacial score (nSPS) is 19.3. The van der Waals surface area contributed by atoms with Gasteiger partial charge in [-0.15, -0.1) is 0 Å². The first-order valence-corrected chi connectivity index (χ1v) is 8.74. The fourth-order valence-electron chi connectivity index (χ4n) is 2.83. The van der Waals surface area contributed by atoms with E-state index < -0.39 is 5.60 Å². The van der Waals surface area contributed by atoms with Crippen molar-refractivity contribution in [2.24, 2.45) is 11.8 Å². The fourth-order valence-corrected chi connectivity index (χ4v) is 2.83. The van der Waals surface area contributed by atoms with Crippen LogP contribution in [0, 0.1) is 11.8 Å². The second-order valence-electron chi connectivity index (χ2n) is 7.59. The summed E-state index contributed by atoms with van der Waals surface area (Å²) in [6, 6.07) is 0. The minimum Gasteiger partial charge on any atom is -0.462 e. The first-order valence-electron chi connectivity index (χ1n) is 8.74. The monoisotopic (exact) mass is 310 g/mol. The lowest BCUT2D eigenvalue weighted by atomic mass is 9.87. The predicted molar refractivity (Wildman–Crippen MR) is 90.8 cm³/mol. The summed E-state index contributed by atoms with van der Waals surface area (Å²) in [4.78, 5) is 11.6. The third kappa shape index (κ3) is 6.95. The molecule has 0 radical (unpaired) electrons. The maximum Gasteiger partial charge on any atom is 0.308 e. The molecule has 3 nitrogen and oxygen atoms in total. The average Bonchev–Trinajstić information content (AvgIpc) is 2.45. The number of hydrogen-bond donors (Lipinski definition) is 0. The summed E-state index contributed by atoms with van der Waals surface area (Å²) in [6.45, 7) is 12.2. The van der Waals surface area contributed by atoms with Gasteiger partial charge < -0.3 is 9.47 Å². The van der Waals surface area contributed by atoms with Crippen molar-refractivity contribution >= 4 is 5.97 Å². The molecule has 1 fully saturated rings. The second kappa shape index (κ2) is 8.71. The summed E-state index contributed by atoms with van der Waals surface area (Å²) in [5.74, 6) is 0.446. The Balaban J connectivity index is 2.48. The van der Waals surface area contributed by atoms with Gasteiger partial charge in [-0.25, -0.2) is 0 Å². The van der Waals surface area contributed by atoms with Crippen LogP contribution in [0.15, 0.2) is 11.6 Å². The Morgan fingerprint density at radius 3 is 2.32 bits per heavy atom. The van der Waals surface area contributed by atoms with Crippen molar-refractivity contribution in [3.8, 4) is 0 Å². The first-order chi connectivity index (χ1) is 10.2. The van der Waals surface area contributed by atoms with Gasteiger partial charge in [0.25, 0.3) is 0 Å². The minimum atomic E-state index is -0.467. The number of carbonyl (C=O) groups is 1. The Morgan fingerprint density at radius 1 is 1.18 bits per heavy atom. The van der Waals surface area contributed by atoms with E-state index in [2.05, 4.69) is 19.9 Å². The molecule has 22 heavy (non-hydrogen) atoms. The van der Waals surface area contributed by atoms with Gasteiger partial charge in [0.05, 0.1) is 17.6 Å². The molecule has 128 valence electrons. The van der Waals surface area contributed by atoms with Crippen LogP contribution in [0.3, 0.4) is 0 Å². The third-order valence-corrected chi connectivity index (χ3v) is 4.32. The van der Waals surface area contributed by atoms with Gasteiger partial charge >= 0.3 is 5.97 Å². The molecular formula is C19H34O3. The van der Waals surface area contributed by atoms with Crippen LogP contribution in [-0.4, -0.2) is 24.3 Å². The van der Waals surface area contributed by atoms with E-state index >= 15 is 0 Å². The van der Waals surface area contributed by atoms with E-state index in [0.717, 1.165) is 0 Å². The summed E-state index contributed by atoms with van der Waals surface area (Å²) >= 11 is 0. The van der Waals surface area contributed by atoms with E-state index in [1.807, 2.05) is 27.7 Å². The predicted octanol–water partition coefficient (Wildman–Crippen LogP) is 4.90. The van der Waals surface area contributed by atoms with Crippen LogP contribution in [0.4, 0.5) is 0 Å². The van der Waals surface area contributed by atoms with E-state index in [-0.39, 0.29) is 18.0 Å². The molecule has 0 heterocycles. The Kier molecular flexibility index (Phi) is 7.61. The lowest BCUT2D eigenvalue weighted by Crippen LogP contribution is -2.36. The number of carbonyl (C=O) groups excluding carboxylic acids is 1. The number of ether oxygens (including phenoxy) is 2. The van der Waals surface area contributed by atoms with Gasteiger partial charge in [-0.05, 0) is 52.0 Å². The van der Waals surface area contributed by atoms with Crippen LogP contribution in [-0.2, 0) is 14.3 Å². The van der Waals surface area contributed by atoms with Crippen LogP contribution in [0.5, 0.6) is 0 Å². The van der Waals surface area contributed by atoms with Crippen molar-refractivity contribution in [3.05, 3.63) is 11.6 Å². The van der Waals surface area contributed by atoms with Crippen molar-refractivity contribution in [1.29, 1.82) is 0 Å². The van der Waals surface area contributed by atoms with Gasteiger partial charge in [0, 0.05) is 0 Å². The van der Waals surface area contributed by atoms with E-state index in [9.17, 15) is 4.79 Å². The molecule has 0 N–H and O–H groups in total. The van der Waals surface area contributed by atoms with Gasteiger partial charge in [0.2, 0.25) is 0 Å². The zero-order valence-electron chi connectivity index (χ0n) is 15.3. The molecule has 1 aliphatic carbocycles. The van der Waals surface area contributed by atoms with Gasteiger partial charge in [0.15, 0.2) is 0 Å². The van der Waals surface area contributed by atoms with Crippen molar-refractivity contribution in [2.75, 3.05) is 6.61 Å². The van der Waals surface area contributed by atoms with Gasteiger partial charge in [0.1, 0.15) is 6.61 Å². The first kappa shape index (κ1) is 19.2. The highest BCUT2D eigenvalue weighted by atomic mass is 16.6. The molecule has 0 aromatic heterocycles. The minimum absolute atomic E-state index is 0.0506. The number of rotatable bonds is 7.